The number of nitrogens with zero attached hydrogens (tertiary/aromatic N) is 2. The van der Waals surface area contributed by atoms with E-state index >= 15 is 0 Å². The summed E-state index contributed by atoms with van der Waals surface area (Å²) in [6.07, 6.45) is 0. The number of para-hydroxylation sites is 1. The highest BCUT2D eigenvalue weighted by Gasteiger charge is 2.34. The molecule has 4 rings (SSSR count). The Morgan fingerprint density at radius 2 is 1.56 bits per heavy atom. The van der Waals surface area contributed by atoms with Gasteiger partial charge in [0.15, 0.2) is 11.5 Å². The Balaban J connectivity index is 1.96. The van der Waals surface area contributed by atoms with Gasteiger partial charge in [-0.05, 0) is 30.7 Å². The number of ether oxygens (including phenoxy) is 4. The van der Waals surface area contributed by atoms with E-state index < -0.39 is 0 Å². The van der Waals surface area contributed by atoms with Crippen molar-refractivity contribution in [1.29, 1.82) is 0 Å². The molecule has 0 saturated carbocycles. The van der Waals surface area contributed by atoms with Crippen LogP contribution in [0.1, 0.15) is 28.3 Å². The van der Waals surface area contributed by atoms with Gasteiger partial charge in [0, 0.05) is 11.1 Å². The highest BCUT2D eigenvalue weighted by Crippen LogP contribution is 2.43. The van der Waals surface area contributed by atoms with Crippen molar-refractivity contribution < 1.29 is 23.7 Å². The summed E-state index contributed by atoms with van der Waals surface area (Å²) >= 11 is 0. The van der Waals surface area contributed by atoms with E-state index in [4.69, 9.17) is 23.9 Å². The molecule has 0 aromatic heterocycles. The predicted octanol–water partition coefficient (Wildman–Crippen LogP) is 4.68. The lowest BCUT2D eigenvalue weighted by atomic mass is 9.92. The number of aliphatic imine (C=N–C) groups is 1. The second-order valence-corrected chi connectivity index (χ2v) is 7.93. The standard InChI is InChI=1S/C27H28N2O5/c1-17-10-12-18(13-11-17)25-20-8-6-7-9-21(20)28-27(29(25)16-24(30)33-4)19-14-22(31-2)26(34-5)23(15-19)32-3/h6-15,25H,16H2,1-5H3. The zero-order valence-corrected chi connectivity index (χ0v) is 20.0. The molecule has 1 heterocycles. The molecule has 34 heavy (non-hydrogen) atoms. The first-order chi connectivity index (χ1) is 16.5. The van der Waals surface area contributed by atoms with Crippen molar-refractivity contribution in [2.24, 2.45) is 4.99 Å². The van der Waals surface area contributed by atoms with Crippen molar-refractivity contribution >= 4 is 17.5 Å². The first kappa shape index (κ1) is 23.2. The average molecular weight is 461 g/mol. The summed E-state index contributed by atoms with van der Waals surface area (Å²) in [6.45, 7) is 2.06. The number of amidine groups is 1. The lowest BCUT2D eigenvalue weighted by molar-refractivity contribution is -0.141. The highest BCUT2D eigenvalue weighted by molar-refractivity contribution is 6.04. The van der Waals surface area contributed by atoms with Crippen molar-refractivity contribution in [1.82, 2.24) is 4.90 Å². The molecule has 0 fully saturated rings. The van der Waals surface area contributed by atoms with Gasteiger partial charge < -0.3 is 23.8 Å². The van der Waals surface area contributed by atoms with Gasteiger partial charge in [0.05, 0.1) is 40.2 Å². The molecule has 7 heteroatoms. The molecule has 0 bridgehead atoms. The van der Waals surface area contributed by atoms with Crippen LogP contribution in [-0.2, 0) is 9.53 Å². The minimum absolute atomic E-state index is 0.0128. The summed E-state index contributed by atoms with van der Waals surface area (Å²) in [5, 5.41) is 0. The first-order valence-corrected chi connectivity index (χ1v) is 10.9. The number of esters is 1. The van der Waals surface area contributed by atoms with Crippen LogP contribution in [-0.4, -0.2) is 51.7 Å². The van der Waals surface area contributed by atoms with E-state index in [1.54, 1.807) is 21.3 Å². The van der Waals surface area contributed by atoms with E-state index in [9.17, 15) is 4.79 Å². The van der Waals surface area contributed by atoms with Gasteiger partial charge in [0.25, 0.3) is 0 Å². The van der Waals surface area contributed by atoms with Crippen LogP contribution < -0.4 is 14.2 Å². The van der Waals surface area contributed by atoms with Crippen molar-refractivity contribution in [3.8, 4) is 17.2 Å². The van der Waals surface area contributed by atoms with Crippen LogP contribution in [0.15, 0.2) is 65.7 Å². The second kappa shape index (κ2) is 9.87. The number of carbonyl (C=O) groups is 1. The molecule has 3 aromatic rings. The van der Waals surface area contributed by atoms with Crippen molar-refractivity contribution in [3.63, 3.8) is 0 Å². The third-order valence-corrected chi connectivity index (χ3v) is 5.88. The van der Waals surface area contributed by atoms with E-state index in [1.165, 1.54) is 7.11 Å². The Bertz CT molecular complexity index is 1190. The van der Waals surface area contributed by atoms with E-state index in [1.807, 2.05) is 48.2 Å². The molecular formula is C27H28N2O5. The third-order valence-electron chi connectivity index (χ3n) is 5.88. The molecule has 3 aromatic carbocycles. The number of methoxy groups -OCH3 is 4. The number of hydrogen-bond donors (Lipinski definition) is 0. The van der Waals surface area contributed by atoms with Crippen LogP contribution in [0.2, 0.25) is 0 Å². The lowest BCUT2D eigenvalue weighted by Crippen LogP contribution is -2.42. The van der Waals surface area contributed by atoms with Crippen molar-refractivity contribution in [2.75, 3.05) is 35.0 Å². The summed E-state index contributed by atoms with van der Waals surface area (Å²) < 4.78 is 21.7. The van der Waals surface area contributed by atoms with Gasteiger partial charge in [-0.2, -0.15) is 0 Å². The van der Waals surface area contributed by atoms with Crippen LogP contribution >= 0.6 is 0 Å². The van der Waals surface area contributed by atoms with Crippen molar-refractivity contribution in [3.05, 3.63) is 82.9 Å². The summed E-state index contributed by atoms with van der Waals surface area (Å²) in [4.78, 5) is 19.5. The molecule has 0 N–H and O–H groups in total. The van der Waals surface area contributed by atoms with Gasteiger partial charge in [0.2, 0.25) is 5.75 Å². The smallest absolute Gasteiger partial charge is 0.325 e. The SMILES string of the molecule is COC(=O)CN1C(c2cc(OC)c(OC)c(OC)c2)=Nc2ccccc2C1c1ccc(C)cc1. The van der Waals surface area contributed by atoms with Gasteiger partial charge in [0.1, 0.15) is 12.4 Å². The normalized spacial score (nSPS) is 14.7. The Morgan fingerprint density at radius 1 is 0.912 bits per heavy atom. The molecule has 0 spiro atoms. The third kappa shape index (κ3) is 4.29. The number of benzene rings is 3. The zero-order valence-electron chi connectivity index (χ0n) is 20.0. The largest absolute Gasteiger partial charge is 0.493 e. The Morgan fingerprint density at radius 3 is 2.15 bits per heavy atom. The number of hydrogen-bond acceptors (Lipinski definition) is 7. The predicted molar refractivity (Wildman–Crippen MR) is 130 cm³/mol. The molecule has 1 unspecified atom stereocenters. The highest BCUT2D eigenvalue weighted by atomic mass is 16.5. The van der Waals surface area contributed by atoms with Gasteiger partial charge in [-0.15, -0.1) is 0 Å². The van der Waals surface area contributed by atoms with E-state index in [0.29, 0.717) is 23.1 Å². The lowest BCUT2D eigenvalue weighted by Gasteiger charge is -2.38. The summed E-state index contributed by atoms with van der Waals surface area (Å²) in [7, 11) is 6.09. The molecule has 0 radical (unpaired) electrons. The van der Waals surface area contributed by atoms with Crippen LogP contribution in [0.25, 0.3) is 0 Å². The minimum atomic E-state index is -0.364. The molecule has 1 atom stereocenters. The molecule has 1 aliphatic rings. The second-order valence-electron chi connectivity index (χ2n) is 7.93. The molecule has 0 aliphatic carbocycles. The summed E-state index contributed by atoms with van der Waals surface area (Å²) in [5.74, 6) is 1.73. The fourth-order valence-corrected chi connectivity index (χ4v) is 4.21. The molecule has 0 amide bonds. The van der Waals surface area contributed by atoms with Crippen LogP contribution in [0, 0.1) is 6.92 Å². The average Bonchev–Trinajstić information content (AvgIpc) is 2.87. The molecule has 1 aliphatic heterocycles. The fraction of sp³-hybridized carbons (Fsp3) is 0.259. The number of carbonyl (C=O) groups excluding carboxylic acids is 1. The number of rotatable bonds is 7. The van der Waals surface area contributed by atoms with E-state index in [2.05, 4.69) is 24.3 Å². The van der Waals surface area contributed by atoms with Crippen LogP contribution in [0.5, 0.6) is 17.2 Å². The molecule has 176 valence electrons. The minimum Gasteiger partial charge on any atom is -0.493 e. The van der Waals surface area contributed by atoms with E-state index in [0.717, 1.165) is 27.9 Å². The number of aryl methyl sites for hydroxylation is 1. The summed E-state index contributed by atoms with van der Waals surface area (Å²) in [5.41, 5.74) is 4.77. The van der Waals surface area contributed by atoms with Crippen molar-refractivity contribution in [2.45, 2.75) is 13.0 Å². The topological polar surface area (TPSA) is 69.6 Å². The van der Waals surface area contributed by atoms with Crippen LogP contribution in [0.3, 0.4) is 0 Å². The maximum Gasteiger partial charge on any atom is 0.325 e. The first-order valence-electron chi connectivity index (χ1n) is 10.9. The monoisotopic (exact) mass is 460 g/mol. The quantitative estimate of drug-likeness (QED) is 0.477. The Labute approximate surface area is 199 Å². The van der Waals surface area contributed by atoms with Gasteiger partial charge in [-0.1, -0.05) is 48.0 Å². The van der Waals surface area contributed by atoms with Gasteiger partial charge in [-0.25, -0.2) is 4.99 Å². The Kier molecular flexibility index (Phi) is 6.72. The van der Waals surface area contributed by atoms with Gasteiger partial charge >= 0.3 is 5.97 Å². The number of fused-ring (bicyclic) bond motifs is 1. The molecule has 0 saturated heterocycles. The maximum atomic E-state index is 12.6. The molecule has 7 nitrogen and oxygen atoms in total. The fourth-order valence-electron chi connectivity index (χ4n) is 4.21. The molecular weight excluding hydrogens is 432 g/mol. The maximum absolute atomic E-state index is 12.6. The Hall–Kier alpha value is -4.00. The summed E-state index contributed by atoms with van der Waals surface area (Å²) in [6, 6.07) is 19.7. The van der Waals surface area contributed by atoms with Gasteiger partial charge in [-0.3, -0.25) is 4.79 Å². The van der Waals surface area contributed by atoms with Crippen LogP contribution in [0.4, 0.5) is 5.69 Å². The zero-order chi connectivity index (χ0) is 24.2. The van der Waals surface area contributed by atoms with E-state index in [-0.39, 0.29) is 18.6 Å².